The third kappa shape index (κ3) is 3.71. The highest BCUT2D eigenvalue weighted by Gasteiger charge is 2.36. The molecule has 5 rings (SSSR count). The fraction of sp³-hybridized carbons (Fsp3) is 0.364. The number of carbonyl (C=O) groups is 1. The van der Waals surface area contributed by atoms with Crippen molar-refractivity contribution in [1.82, 2.24) is 35.5 Å². The van der Waals surface area contributed by atoms with Crippen molar-refractivity contribution < 1.29 is 4.79 Å². The van der Waals surface area contributed by atoms with E-state index in [9.17, 15) is 4.79 Å². The second kappa shape index (κ2) is 8.33. The van der Waals surface area contributed by atoms with Crippen molar-refractivity contribution in [3.8, 4) is 5.82 Å². The van der Waals surface area contributed by atoms with E-state index in [0.29, 0.717) is 29.3 Å². The first-order chi connectivity index (χ1) is 14.8. The Hall–Kier alpha value is -3.10. The summed E-state index contributed by atoms with van der Waals surface area (Å²) in [6.45, 7) is 2.48. The number of pyridine rings is 1. The number of aromatic nitrogens is 4. The van der Waals surface area contributed by atoms with E-state index < -0.39 is 0 Å². The third-order valence-corrected chi connectivity index (χ3v) is 6.26. The monoisotopic (exact) mass is 403 g/mol. The summed E-state index contributed by atoms with van der Waals surface area (Å²) in [7, 11) is 0. The molecule has 8 heteroatoms. The zero-order valence-electron chi connectivity index (χ0n) is 16.7. The molecule has 2 N–H and O–H groups in total. The second-order valence-corrected chi connectivity index (χ2v) is 7.97. The summed E-state index contributed by atoms with van der Waals surface area (Å²) in [4.78, 5) is 19.3. The highest BCUT2D eigenvalue weighted by atomic mass is 16.2. The SMILES string of the molecule is O=C(c1ccnc(-n2cnnc2)c1)N1CCC(C2NNCC2c2ccccc2)CC1. The number of benzene rings is 1. The van der Waals surface area contributed by atoms with Gasteiger partial charge in [-0.1, -0.05) is 30.3 Å². The lowest BCUT2D eigenvalue weighted by atomic mass is 9.80. The Morgan fingerprint density at radius 3 is 2.57 bits per heavy atom. The fourth-order valence-corrected chi connectivity index (χ4v) is 4.64. The minimum absolute atomic E-state index is 0.0577. The normalized spacial score (nSPS) is 22.3. The number of amides is 1. The van der Waals surface area contributed by atoms with Crippen LogP contribution in [0.4, 0.5) is 0 Å². The zero-order valence-corrected chi connectivity index (χ0v) is 16.7. The van der Waals surface area contributed by atoms with Crippen molar-refractivity contribution in [3.05, 3.63) is 72.4 Å². The summed E-state index contributed by atoms with van der Waals surface area (Å²) >= 11 is 0. The van der Waals surface area contributed by atoms with Gasteiger partial charge in [0.2, 0.25) is 0 Å². The van der Waals surface area contributed by atoms with Crippen LogP contribution in [-0.4, -0.2) is 56.2 Å². The summed E-state index contributed by atoms with van der Waals surface area (Å²) in [5.74, 6) is 1.71. The number of rotatable bonds is 4. The number of hydrazine groups is 1. The molecule has 2 aliphatic rings. The molecule has 8 nitrogen and oxygen atoms in total. The molecule has 2 saturated heterocycles. The zero-order chi connectivity index (χ0) is 20.3. The van der Waals surface area contributed by atoms with E-state index in [1.807, 2.05) is 4.90 Å². The molecular weight excluding hydrogens is 378 g/mol. The highest BCUT2D eigenvalue weighted by molar-refractivity contribution is 5.94. The van der Waals surface area contributed by atoms with Gasteiger partial charge in [0, 0.05) is 43.4 Å². The number of hydrogen-bond acceptors (Lipinski definition) is 6. The molecule has 2 unspecified atom stereocenters. The number of likely N-dealkylation sites (tertiary alicyclic amines) is 1. The second-order valence-electron chi connectivity index (χ2n) is 7.97. The highest BCUT2D eigenvalue weighted by Crippen LogP contribution is 2.32. The molecule has 1 amide bonds. The van der Waals surface area contributed by atoms with Crippen LogP contribution in [0.2, 0.25) is 0 Å². The maximum absolute atomic E-state index is 13.1. The van der Waals surface area contributed by atoms with Gasteiger partial charge in [0.1, 0.15) is 18.5 Å². The lowest BCUT2D eigenvalue weighted by Crippen LogP contribution is -2.45. The maximum Gasteiger partial charge on any atom is 0.254 e. The molecule has 154 valence electrons. The Kier molecular flexibility index (Phi) is 5.25. The minimum atomic E-state index is 0.0577. The first-order valence-electron chi connectivity index (χ1n) is 10.4. The van der Waals surface area contributed by atoms with Gasteiger partial charge in [-0.3, -0.25) is 20.2 Å². The summed E-state index contributed by atoms with van der Waals surface area (Å²) in [6, 6.07) is 14.7. The van der Waals surface area contributed by atoms with E-state index in [1.54, 1.807) is 35.6 Å². The first kappa shape index (κ1) is 18.9. The summed E-state index contributed by atoms with van der Waals surface area (Å²) in [6.07, 6.45) is 6.81. The van der Waals surface area contributed by atoms with Crippen LogP contribution in [0, 0.1) is 5.92 Å². The lowest BCUT2D eigenvalue weighted by molar-refractivity contribution is 0.0670. The van der Waals surface area contributed by atoms with E-state index in [1.165, 1.54) is 5.56 Å². The third-order valence-electron chi connectivity index (χ3n) is 6.26. The van der Waals surface area contributed by atoms with Crippen LogP contribution in [0.3, 0.4) is 0 Å². The molecule has 2 aromatic heterocycles. The van der Waals surface area contributed by atoms with Gasteiger partial charge in [0.05, 0.1) is 0 Å². The molecule has 0 bridgehead atoms. The number of nitrogens with one attached hydrogen (secondary N) is 2. The number of piperidine rings is 1. The average molecular weight is 403 g/mol. The lowest BCUT2D eigenvalue weighted by Gasteiger charge is -2.36. The van der Waals surface area contributed by atoms with Gasteiger partial charge in [0.25, 0.3) is 5.91 Å². The standard InChI is InChI=1S/C22H25N7O/c30-22(18-6-9-23-20(12-18)29-14-25-26-15-29)28-10-7-17(8-11-28)21-19(13-24-27-21)16-4-2-1-3-5-16/h1-6,9,12,14-15,17,19,21,24,27H,7-8,10-11,13H2. The topological polar surface area (TPSA) is 88.0 Å². The Balaban J connectivity index is 1.24. The molecule has 2 fully saturated rings. The van der Waals surface area contributed by atoms with E-state index >= 15 is 0 Å². The summed E-state index contributed by atoms with van der Waals surface area (Å²) in [5, 5.41) is 7.61. The Morgan fingerprint density at radius 2 is 1.80 bits per heavy atom. The molecule has 0 aliphatic carbocycles. The Bertz CT molecular complexity index is 984. The fourth-order valence-electron chi connectivity index (χ4n) is 4.64. The molecular formula is C22H25N7O. The quantitative estimate of drug-likeness (QED) is 0.690. The van der Waals surface area contributed by atoms with Gasteiger partial charge in [-0.2, -0.15) is 0 Å². The molecule has 1 aromatic carbocycles. The van der Waals surface area contributed by atoms with Crippen molar-refractivity contribution in [2.45, 2.75) is 24.8 Å². The van der Waals surface area contributed by atoms with Gasteiger partial charge >= 0.3 is 0 Å². The van der Waals surface area contributed by atoms with Gasteiger partial charge in [-0.05, 0) is 36.5 Å². The van der Waals surface area contributed by atoms with Gasteiger partial charge in [-0.15, -0.1) is 10.2 Å². The van der Waals surface area contributed by atoms with E-state index in [0.717, 1.165) is 32.5 Å². The summed E-state index contributed by atoms with van der Waals surface area (Å²) in [5.41, 5.74) is 8.87. The molecule has 4 heterocycles. The van der Waals surface area contributed by atoms with Crippen LogP contribution in [0.15, 0.2) is 61.3 Å². The molecule has 0 saturated carbocycles. The largest absolute Gasteiger partial charge is 0.339 e. The van der Waals surface area contributed by atoms with Crippen LogP contribution in [0.25, 0.3) is 5.82 Å². The Morgan fingerprint density at radius 1 is 1.03 bits per heavy atom. The molecule has 2 atom stereocenters. The van der Waals surface area contributed by atoms with Crippen molar-refractivity contribution in [2.24, 2.45) is 5.92 Å². The van der Waals surface area contributed by atoms with Crippen LogP contribution in [0.1, 0.15) is 34.7 Å². The van der Waals surface area contributed by atoms with Gasteiger partial charge in [0.15, 0.2) is 0 Å². The van der Waals surface area contributed by atoms with Crippen LogP contribution < -0.4 is 10.9 Å². The molecule has 2 aliphatic heterocycles. The van der Waals surface area contributed by atoms with E-state index in [2.05, 4.69) is 56.4 Å². The first-order valence-corrected chi connectivity index (χ1v) is 10.4. The summed E-state index contributed by atoms with van der Waals surface area (Å²) < 4.78 is 1.70. The van der Waals surface area contributed by atoms with Crippen molar-refractivity contribution in [1.29, 1.82) is 0 Å². The van der Waals surface area contributed by atoms with E-state index in [4.69, 9.17) is 0 Å². The molecule has 30 heavy (non-hydrogen) atoms. The predicted molar refractivity (Wildman–Crippen MR) is 112 cm³/mol. The van der Waals surface area contributed by atoms with Crippen molar-refractivity contribution in [3.63, 3.8) is 0 Å². The van der Waals surface area contributed by atoms with Crippen molar-refractivity contribution >= 4 is 5.91 Å². The molecule has 3 aromatic rings. The maximum atomic E-state index is 13.1. The molecule has 0 spiro atoms. The minimum Gasteiger partial charge on any atom is -0.339 e. The van der Waals surface area contributed by atoms with Gasteiger partial charge in [-0.25, -0.2) is 4.98 Å². The smallest absolute Gasteiger partial charge is 0.254 e. The van der Waals surface area contributed by atoms with Gasteiger partial charge < -0.3 is 4.90 Å². The van der Waals surface area contributed by atoms with Crippen LogP contribution in [0.5, 0.6) is 0 Å². The van der Waals surface area contributed by atoms with Crippen LogP contribution >= 0.6 is 0 Å². The number of hydrogen-bond donors (Lipinski definition) is 2. The van der Waals surface area contributed by atoms with Crippen LogP contribution in [-0.2, 0) is 0 Å². The average Bonchev–Trinajstić information content (AvgIpc) is 3.52. The number of nitrogens with zero attached hydrogens (tertiary/aromatic N) is 5. The van der Waals surface area contributed by atoms with E-state index in [-0.39, 0.29) is 5.91 Å². The number of carbonyl (C=O) groups excluding carboxylic acids is 1. The molecule has 0 radical (unpaired) electrons. The predicted octanol–water partition coefficient (Wildman–Crippen LogP) is 1.77. The Labute approximate surface area is 175 Å². The van der Waals surface area contributed by atoms with Crippen molar-refractivity contribution in [2.75, 3.05) is 19.6 Å².